The molecule has 1 aromatic carbocycles. The number of amides is 1. The molecular weight excluding hydrogens is 302 g/mol. The monoisotopic (exact) mass is 321 g/mol. The third-order valence-corrected chi connectivity index (χ3v) is 3.57. The molecule has 0 aliphatic carbocycles. The highest BCUT2D eigenvalue weighted by molar-refractivity contribution is 6.01. The Bertz CT molecular complexity index is 832. The van der Waals surface area contributed by atoms with E-state index >= 15 is 0 Å². The molecule has 0 fully saturated rings. The topological polar surface area (TPSA) is 64.7 Å². The molecule has 1 amide bonds. The second-order valence-electron chi connectivity index (χ2n) is 5.45. The summed E-state index contributed by atoms with van der Waals surface area (Å²) in [4.78, 5) is 12.1. The molecule has 122 valence electrons. The van der Waals surface area contributed by atoms with Gasteiger partial charge in [0, 0.05) is 37.5 Å². The zero-order valence-corrected chi connectivity index (χ0v) is 13.5. The molecule has 24 heavy (non-hydrogen) atoms. The van der Waals surface area contributed by atoms with Crippen molar-refractivity contribution in [3.8, 4) is 0 Å². The molecule has 0 bridgehead atoms. The van der Waals surface area contributed by atoms with Crippen molar-refractivity contribution >= 4 is 17.8 Å². The molecule has 0 saturated carbocycles. The van der Waals surface area contributed by atoms with Crippen LogP contribution in [-0.2, 0) is 24.8 Å². The van der Waals surface area contributed by atoms with E-state index in [4.69, 9.17) is 0 Å². The fourth-order valence-electron chi connectivity index (χ4n) is 2.36. The van der Waals surface area contributed by atoms with Gasteiger partial charge < -0.3 is 5.32 Å². The molecule has 3 aromatic rings. The number of aryl methyl sites for hydroxylation is 3. The van der Waals surface area contributed by atoms with Gasteiger partial charge in [-0.1, -0.05) is 30.3 Å². The predicted octanol–water partition coefficient (Wildman–Crippen LogP) is 2.51. The van der Waals surface area contributed by atoms with E-state index in [0.717, 1.165) is 12.0 Å². The van der Waals surface area contributed by atoms with Gasteiger partial charge in [0.2, 0.25) is 5.91 Å². The van der Waals surface area contributed by atoms with E-state index in [1.165, 1.54) is 11.6 Å². The predicted molar refractivity (Wildman–Crippen MR) is 93.2 cm³/mol. The number of anilines is 1. The molecule has 0 spiro atoms. The minimum atomic E-state index is -0.194. The van der Waals surface area contributed by atoms with Crippen molar-refractivity contribution < 1.29 is 4.79 Å². The summed E-state index contributed by atoms with van der Waals surface area (Å²) in [6.45, 7) is 0.707. The van der Waals surface area contributed by atoms with Gasteiger partial charge in [0.05, 0.1) is 12.4 Å². The summed E-state index contributed by atoms with van der Waals surface area (Å²) in [5.74, 6) is 0.493. The summed E-state index contributed by atoms with van der Waals surface area (Å²) >= 11 is 0. The Kier molecular flexibility index (Phi) is 4.86. The van der Waals surface area contributed by atoms with E-state index in [1.807, 2.05) is 31.4 Å². The largest absolute Gasteiger partial charge is 0.307 e. The number of nitrogens with zero attached hydrogens (tertiary/aromatic N) is 4. The van der Waals surface area contributed by atoms with Gasteiger partial charge in [0.15, 0.2) is 0 Å². The summed E-state index contributed by atoms with van der Waals surface area (Å²) < 4.78 is 3.49. The zero-order chi connectivity index (χ0) is 16.8. The maximum Gasteiger partial charge on any atom is 0.249 e. The third kappa shape index (κ3) is 4.19. The van der Waals surface area contributed by atoms with Crippen LogP contribution >= 0.6 is 0 Å². The van der Waals surface area contributed by atoms with Crippen LogP contribution in [0.2, 0.25) is 0 Å². The number of aromatic nitrogens is 4. The van der Waals surface area contributed by atoms with E-state index in [9.17, 15) is 4.79 Å². The SMILES string of the molecule is Cn1cc(C=CC(=O)Nc2ccnn2CCc2ccccc2)cn1. The van der Waals surface area contributed by atoms with Crippen molar-refractivity contribution in [1.82, 2.24) is 19.6 Å². The van der Waals surface area contributed by atoms with Gasteiger partial charge in [0.1, 0.15) is 5.82 Å². The molecule has 2 heterocycles. The number of hydrogen-bond acceptors (Lipinski definition) is 3. The van der Waals surface area contributed by atoms with Crippen LogP contribution in [0.4, 0.5) is 5.82 Å². The van der Waals surface area contributed by atoms with Crippen LogP contribution in [0.1, 0.15) is 11.1 Å². The summed E-state index contributed by atoms with van der Waals surface area (Å²) in [6.07, 6.45) is 9.31. The van der Waals surface area contributed by atoms with Gasteiger partial charge in [-0.15, -0.1) is 0 Å². The quantitative estimate of drug-likeness (QED) is 0.710. The lowest BCUT2D eigenvalue weighted by Crippen LogP contribution is -2.14. The van der Waals surface area contributed by atoms with Crippen LogP contribution in [0.3, 0.4) is 0 Å². The molecule has 6 nitrogen and oxygen atoms in total. The molecule has 3 rings (SSSR count). The standard InChI is InChI=1S/C18H19N5O/c1-22-14-16(13-20-22)7-8-18(24)21-17-9-11-19-23(17)12-10-15-5-3-2-4-6-15/h2-9,11,13-14H,10,12H2,1H3,(H,21,24). The first-order chi connectivity index (χ1) is 11.7. The van der Waals surface area contributed by atoms with Gasteiger partial charge in [-0.25, -0.2) is 4.68 Å². The van der Waals surface area contributed by atoms with Crippen molar-refractivity contribution in [2.75, 3.05) is 5.32 Å². The van der Waals surface area contributed by atoms with E-state index in [-0.39, 0.29) is 5.91 Å². The van der Waals surface area contributed by atoms with E-state index in [2.05, 4.69) is 27.6 Å². The molecule has 0 unspecified atom stereocenters. The molecule has 0 aliphatic heterocycles. The van der Waals surface area contributed by atoms with Gasteiger partial charge in [-0.05, 0) is 18.1 Å². The van der Waals surface area contributed by atoms with Crippen LogP contribution in [0.15, 0.2) is 61.1 Å². The average Bonchev–Trinajstić information content (AvgIpc) is 3.21. The number of benzene rings is 1. The highest BCUT2D eigenvalue weighted by atomic mass is 16.1. The van der Waals surface area contributed by atoms with E-state index in [0.29, 0.717) is 12.4 Å². The normalized spacial score (nSPS) is 11.0. The Labute approximate surface area is 140 Å². The number of hydrogen-bond donors (Lipinski definition) is 1. The average molecular weight is 321 g/mol. The molecule has 6 heteroatoms. The molecular formula is C18H19N5O. The van der Waals surface area contributed by atoms with Crippen molar-refractivity contribution in [2.24, 2.45) is 7.05 Å². The minimum Gasteiger partial charge on any atom is -0.307 e. The van der Waals surface area contributed by atoms with Crippen molar-refractivity contribution in [1.29, 1.82) is 0 Å². The van der Waals surface area contributed by atoms with Crippen molar-refractivity contribution in [3.63, 3.8) is 0 Å². The van der Waals surface area contributed by atoms with Gasteiger partial charge >= 0.3 is 0 Å². The summed E-state index contributed by atoms with van der Waals surface area (Å²) in [6, 6.07) is 12.0. The lowest BCUT2D eigenvalue weighted by Gasteiger charge is -2.07. The smallest absolute Gasteiger partial charge is 0.249 e. The van der Waals surface area contributed by atoms with Crippen LogP contribution in [0.25, 0.3) is 6.08 Å². The summed E-state index contributed by atoms with van der Waals surface area (Å²) in [5.41, 5.74) is 2.12. The number of carbonyl (C=O) groups excluding carboxylic acids is 1. The molecule has 2 aromatic heterocycles. The zero-order valence-electron chi connectivity index (χ0n) is 13.5. The van der Waals surface area contributed by atoms with E-state index < -0.39 is 0 Å². The van der Waals surface area contributed by atoms with Crippen LogP contribution in [0.5, 0.6) is 0 Å². The first kappa shape index (κ1) is 15.7. The lowest BCUT2D eigenvalue weighted by molar-refractivity contribution is -0.111. The molecule has 1 N–H and O–H groups in total. The first-order valence-electron chi connectivity index (χ1n) is 7.74. The summed E-state index contributed by atoms with van der Waals surface area (Å²) in [7, 11) is 1.84. The fraction of sp³-hybridized carbons (Fsp3) is 0.167. The van der Waals surface area contributed by atoms with Crippen molar-refractivity contribution in [3.05, 3.63) is 72.2 Å². The van der Waals surface area contributed by atoms with Crippen LogP contribution < -0.4 is 5.32 Å². The summed E-state index contributed by atoms with van der Waals surface area (Å²) in [5, 5.41) is 11.2. The van der Waals surface area contributed by atoms with Crippen molar-refractivity contribution in [2.45, 2.75) is 13.0 Å². The Balaban J connectivity index is 1.58. The highest BCUT2D eigenvalue weighted by Crippen LogP contribution is 2.09. The Morgan fingerprint density at radius 2 is 2.04 bits per heavy atom. The maximum atomic E-state index is 12.1. The molecule has 0 saturated heterocycles. The van der Waals surface area contributed by atoms with Gasteiger partial charge in [-0.2, -0.15) is 10.2 Å². The van der Waals surface area contributed by atoms with E-state index in [1.54, 1.807) is 33.9 Å². The number of carbonyl (C=O) groups is 1. The lowest BCUT2D eigenvalue weighted by atomic mass is 10.1. The maximum absolute atomic E-state index is 12.1. The Hall–Kier alpha value is -3.15. The number of rotatable bonds is 6. The van der Waals surface area contributed by atoms with Gasteiger partial charge in [0.25, 0.3) is 0 Å². The minimum absolute atomic E-state index is 0.194. The van der Waals surface area contributed by atoms with Crippen LogP contribution in [-0.4, -0.2) is 25.5 Å². The number of nitrogens with one attached hydrogen (secondary N) is 1. The second kappa shape index (κ2) is 7.41. The van der Waals surface area contributed by atoms with Crippen LogP contribution in [0, 0.1) is 0 Å². The second-order valence-corrected chi connectivity index (χ2v) is 5.45. The fourth-order valence-corrected chi connectivity index (χ4v) is 2.36. The Morgan fingerprint density at radius 3 is 2.79 bits per heavy atom. The third-order valence-electron chi connectivity index (χ3n) is 3.57. The molecule has 0 atom stereocenters. The first-order valence-corrected chi connectivity index (χ1v) is 7.74. The highest BCUT2D eigenvalue weighted by Gasteiger charge is 2.05. The molecule has 0 radical (unpaired) electrons. The van der Waals surface area contributed by atoms with Gasteiger partial charge in [-0.3, -0.25) is 9.48 Å². The molecule has 0 aliphatic rings. The Morgan fingerprint density at radius 1 is 1.21 bits per heavy atom.